The first-order valence-electron chi connectivity index (χ1n) is 10.1. The molecule has 0 N–H and O–H groups in total. The predicted molar refractivity (Wildman–Crippen MR) is 120 cm³/mol. The van der Waals surface area contributed by atoms with E-state index in [0.29, 0.717) is 11.3 Å². The quantitative estimate of drug-likeness (QED) is 0.160. The Labute approximate surface area is 177 Å². The van der Waals surface area contributed by atoms with Gasteiger partial charge in [-0.2, -0.15) is 5.26 Å². The van der Waals surface area contributed by atoms with Gasteiger partial charge < -0.3 is 4.74 Å². The number of esters is 1. The topological polar surface area (TPSA) is 50.1 Å². The molecule has 0 aliphatic carbocycles. The van der Waals surface area contributed by atoms with Gasteiger partial charge in [-0.05, 0) is 52.9 Å². The summed E-state index contributed by atoms with van der Waals surface area (Å²) in [6, 6.07) is 25.3. The summed E-state index contributed by atoms with van der Waals surface area (Å²) in [6.45, 7) is 2.13. The number of rotatable bonds is 6. The van der Waals surface area contributed by atoms with Crippen molar-refractivity contribution in [3.8, 4) is 45.9 Å². The smallest absolute Gasteiger partial charge is 0.389 e. The minimum absolute atomic E-state index is 0.487. The third kappa shape index (κ3) is 5.84. The molecule has 0 bridgehead atoms. The molecule has 30 heavy (non-hydrogen) atoms. The normalized spacial score (nSPS) is 9.87. The van der Waals surface area contributed by atoms with E-state index in [9.17, 15) is 4.79 Å². The molecule has 3 aromatic carbocycles. The summed E-state index contributed by atoms with van der Waals surface area (Å²) in [7, 11) is 0. The molecule has 3 heteroatoms. The van der Waals surface area contributed by atoms with Gasteiger partial charge in [-0.25, -0.2) is 4.79 Å². The Bertz CT molecular complexity index is 1080. The predicted octanol–water partition coefficient (Wildman–Crippen LogP) is 6.38. The lowest BCUT2D eigenvalue weighted by atomic mass is 10.00. The first-order valence-corrected chi connectivity index (χ1v) is 10.1. The van der Waals surface area contributed by atoms with Crippen LogP contribution in [0.1, 0.15) is 38.2 Å². The van der Waals surface area contributed by atoms with E-state index in [0.717, 1.165) is 47.9 Å². The molecular formula is C27H23NO2. The SMILES string of the molecule is CCCCCC#CC(=O)Oc1ccc(-c2ccc(-c3ccc(C#N)cc3)cc2)cc1. The van der Waals surface area contributed by atoms with Crippen LogP contribution < -0.4 is 4.74 Å². The summed E-state index contributed by atoms with van der Waals surface area (Å²) >= 11 is 0. The van der Waals surface area contributed by atoms with Gasteiger partial charge in [0.2, 0.25) is 0 Å². The van der Waals surface area contributed by atoms with Gasteiger partial charge in [0.25, 0.3) is 0 Å². The van der Waals surface area contributed by atoms with Gasteiger partial charge >= 0.3 is 5.97 Å². The maximum atomic E-state index is 11.8. The van der Waals surface area contributed by atoms with E-state index in [1.54, 1.807) is 12.1 Å². The van der Waals surface area contributed by atoms with Gasteiger partial charge in [-0.1, -0.05) is 74.2 Å². The van der Waals surface area contributed by atoms with Crippen molar-refractivity contribution >= 4 is 5.97 Å². The van der Waals surface area contributed by atoms with Gasteiger partial charge in [-0.3, -0.25) is 0 Å². The Hall–Kier alpha value is -3.82. The lowest BCUT2D eigenvalue weighted by Gasteiger charge is -2.06. The monoisotopic (exact) mass is 393 g/mol. The van der Waals surface area contributed by atoms with E-state index < -0.39 is 5.97 Å². The molecule has 0 heterocycles. The highest BCUT2D eigenvalue weighted by Gasteiger charge is 2.04. The summed E-state index contributed by atoms with van der Waals surface area (Å²) in [5.74, 6) is 5.36. The van der Waals surface area contributed by atoms with Crippen molar-refractivity contribution in [1.82, 2.24) is 0 Å². The van der Waals surface area contributed by atoms with Crippen LogP contribution in [0.5, 0.6) is 5.75 Å². The van der Waals surface area contributed by atoms with Crippen molar-refractivity contribution in [2.24, 2.45) is 0 Å². The van der Waals surface area contributed by atoms with E-state index in [2.05, 4.69) is 49.1 Å². The van der Waals surface area contributed by atoms with E-state index >= 15 is 0 Å². The van der Waals surface area contributed by atoms with E-state index in [4.69, 9.17) is 10.00 Å². The summed E-state index contributed by atoms with van der Waals surface area (Å²) in [5, 5.41) is 8.91. The molecule has 0 fully saturated rings. The van der Waals surface area contributed by atoms with E-state index in [1.165, 1.54) is 0 Å². The van der Waals surface area contributed by atoms with Crippen molar-refractivity contribution < 1.29 is 9.53 Å². The van der Waals surface area contributed by atoms with Crippen molar-refractivity contribution in [2.45, 2.75) is 32.6 Å². The van der Waals surface area contributed by atoms with Crippen LogP contribution in [0.25, 0.3) is 22.3 Å². The molecule has 0 saturated carbocycles. The number of carbonyl (C=O) groups excluding carboxylic acids is 1. The van der Waals surface area contributed by atoms with Crippen LogP contribution in [-0.2, 0) is 4.79 Å². The molecule has 0 aromatic heterocycles. The molecule has 3 rings (SSSR count). The molecule has 3 nitrogen and oxygen atoms in total. The van der Waals surface area contributed by atoms with E-state index in [-0.39, 0.29) is 0 Å². The Balaban J connectivity index is 1.61. The number of nitrogens with zero attached hydrogens (tertiary/aromatic N) is 1. The van der Waals surface area contributed by atoms with Crippen LogP contribution >= 0.6 is 0 Å². The first-order chi connectivity index (χ1) is 14.7. The van der Waals surface area contributed by atoms with Crippen LogP contribution in [0.2, 0.25) is 0 Å². The number of nitriles is 1. The number of ether oxygens (including phenoxy) is 1. The molecule has 148 valence electrons. The second-order valence-corrected chi connectivity index (χ2v) is 6.94. The zero-order valence-corrected chi connectivity index (χ0v) is 17.0. The summed E-state index contributed by atoms with van der Waals surface area (Å²) < 4.78 is 5.27. The zero-order valence-electron chi connectivity index (χ0n) is 17.0. The van der Waals surface area contributed by atoms with Gasteiger partial charge in [0, 0.05) is 12.3 Å². The van der Waals surface area contributed by atoms with Crippen molar-refractivity contribution in [3.05, 3.63) is 78.4 Å². The fourth-order valence-electron chi connectivity index (χ4n) is 3.04. The average molecular weight is 393 g/mol. The molecular weight excluding hydrogens is 370 g/mol. The fraction of sp³-hybridized carbons (Fsp3) is 0.185. The number of unbranched alkanes of at least 4 members (excludes halogenated alkanes) is 3. The van der Waals surface area contributed by atoms with Gasteiger partial charge in [-0.15, -0.1) is 0 Å². The lowest BCUT2D eigenvalue weighted by molar-refractivity contribution is -0.128. The average Bonchev–Trinajstić information content (AvgIpc) is 2.80. The third-order valence-corrected chi connectivity index (χ3v) is 4.73. The van der Waals surface area contributed by atoms with Crippen molar-refractivity contribution in [2.75, 3.05) is 0 Å². The molecule has 0 aliphatic rings. The molecule has 0 aliphatic heterocycles. The highest BCUT2D eigenvalue weighted by atomic mass is 16.5. The van der Waals surface area contributed by atoms with Gasteiger partial charge in [0.1, 0.15) is 5.75 Å². The minimum Gasteiger partial charge on any atom is -0.417 e. The van der Waals surface area contributed by atoms with Crippen LogP contribution in [-0.4, -0.2) is 5.97 Å². The largest absolute Gasteiger partial charge is 0.417 e. The summed E-state index contributed by atoms with van der Waals surface area (Å²) in [6.07, 6.45) is 3.99. The number of benzene rings is 3. The number of carbonyl (C=O) groups is 1. The van der Waals surface area contributed by atoms with Crippen LogP contribution in [0.15, 0.2) is 72.8 Å². The molecule has 0 unspecified atom stereocenters. The molecule has 0 atom stereocenters. The fourth-order valence-corrected chi connectivity index (χ4v) is 3.04. The van der Waals surface area contributed by atoms with Crippen LogP contribution in [0.3, 0.4) is 0 Å². The highest BCUT2D eigenvalue weighted by molar-refractivity contribution is 5.90. The second-order valence-electron chi connectivity index (χ2n) is 6.94. The van der Waals surface area contributed by atoms with Gasteiger partial charge in [0.05, 0.1) is 11.6 Å². The van der Waals surface area contributed by atoms with E-state index in [1.807, 2.05) is 36.4 Å². The maximum absolute atomic E-state index is 11.8. The van der Waals surface area contributed by atoms with Gasteiger partial charge in [0.15, 0.2) is 0 Å². The highest BCUT2D eigenvalue weighted by Crippen LogP contribution is 2.26. The third-order valence-electron chi connectivity index (χ3n) is 4.73. The lowest BCUT2D eigenvalue weighted by Crippen LogP contribution is -2.04. The maximum Gasteiger partial charge on any atom is 0.389 e. The zero-order chi connectivity index (χ0) is 21.2. The van der Waals surface area contributed by atoms with Crippen molar-refractivity contribution in [3.63, 3.8) is 0 Å². The number of hydrogen-bond donors (Lipinski definition) is 0. The molecule has 3 aromatic rings. The first kappa shape index (κ1) is 20.9. The standard InChI is InChI=1S/C27H23NO2/c1-2-3-4-5-6-7-27(29)30-26-18-16-25(17-19-26)24-14-12-23(13-15-24)22-10-8-21(20-28)9-11-22/h8-19H,2-5H2,1H3. The summed E-state index contributed by atoms with van der Waals surface area (Å²) in [4.78, 5) is 11.8. The number of hydrogen-bond acceptors (Lipinski definition) is 3. The van der Waals surface area contributed by atoms with Crippen LogP contribution in [0, 0.1) is 23.2 Å². The second kappa shape index (κ2) is 10.6. The van der Waals surface area contributed by atoms with Crippen molar-refractivity contribution in [1.29, 1.82) is 5.26 Å². The summed E-state index contributed by atoms with van der Waals surface area (Å²) in [5.41, 5.74) is 4.91. The molecule has 0 spiro atoms. The minimum atomic E-state index is -0.522. The Morgan fingerprint density at radius 1 is 0.800 bits per heavy atom. The Morgan fingerprint density at radius 3 is 1.80 bits per heavy atom. The molecule has 0 amide bonds. The molecule has 0 saturated heterocycles. The van der Waals surface area contributed by atoms with Crippen LogP contribution in [0.4, 0.5) is 0 Å². The Morgan fingerprint density at radius 2 is 1.30 bits per heavy atom. The molecule has 0 radical (unpaired) electrons. The Kier molecular flexibility index (Phi) is 7.42.